The third kappa shape index (κ3) is 5.88. The van der Waals surface area contributed by atoms with Crippen LogP contribution < -0.4 is 10.6 Å². The minimum atomic E-state index is -0.996. The van der Waals surface area contributed by atoms with Crippen molar-refractivity contribution in [1.29, 1.82) is 0 Å². The highest BCUT2D eigenvalue weighted by Crippen LogP contribution is 2.23. The van der Waals surface area contributed by atoms with Crippen molar-refractivity contribution in [2.24, 2.45) is 0 Å². The number of carboxylic acid groups (broad SMARTS) is 1. The molecule has 2 rings (SSSR count). The predicted octanol–water partition coefficient (Wildman–Crippen LogP) is 2.78. The Morgan fingerprint density at radius 1 is 1.00 bits per heavy atom. The minimum Gasteiger partial charge on any atom is -0.481 e. The van der Waals surface area contributed by atoms with Crippen molar-refractivity contribution >= 4 is 28.6 Å². The molecule has 0 unspecified atom stereocenters. The average Bonchev–Trinajstić information content (AvgIpc) is 2.63. The number of aliphatic carboxylic acids is 1. The first kappa shape index (κ1) is 19.4. The lowest BCUT2D eigenvalue weighted by molar-refractivity contribution is -0.138. The lowest BCUT2D eigenvalue weighted by Crippen LogP contribution is -2.32. The van der Waals surface area contributed by atoms with Gasteiger partial charge in [-0.1, -0.05) is 43.3 Å². The van der Waals surface area contributed by atoms with Crippen LogP contribution in [0.2, 0.25) is 0 Å². The zero-order valence-electron chi connectivity index (χ0n) is 14.8. The van der Waals surface area contributed by atoms with Gasteiger partial charge in [0.2, 0.25) is 11.8 Å². The quantitative estimate of drug-likeness (QED) is 0.644. The topological polar surface area (TPSA) is 95.5 Å². The normalized spacial score (nSPS) is 11.7. The maximum Gasteiger partial charge on any atom is 0.305 e. The summed E-state index contributed by atoms with van der Waals surface area (Å²) in [6.45, 7) is 2.53. The van der Waals surface area contributed by atoms with Gasteiger partial charge in [0.25, 0.3) is 0 Å². The van der Waals surface area contributed by atoms with E-state index in [9.17, 15) is 19.5 Å². The molecule has 0 saturated heterocycles. The Bertz CT molecular complexity index is 788. The van der Waals surface area contributed by atoms with Crippen molar-refractivity contribution in [3.8, 4) is 0 Å². The van der Waals surface area contributed by atoms with Crippen molar-refractivity contribution in [3.05, 3.63) is 48.0 Å². The summed E-state index contributed by atoms with van der Waals surface area (Å²) in [5, 5.41) is 16.6. The number of nitrogens with one attached hydrogen (secondary N) is 2. The highest BCUT2D eigenvalue weighted by Gasteiger charge is 2.19. The van der Waals surface area contributed by atoms with Crippen molar-refractivity contribution < 1.29 is 19.5 Å². The van der Waals surface area contributed by atoms with Crippen molar-refractivity contribution in [2.75, 3.05) is 6.54 Å². The fraction of sp³-hybridized carbons (Fsp3) is 0.350. The van der Waals surface area contributed by atoms with E-state index in [1.807, 2.05) is 49.4 Å². The number of benzene rings is 2. The lowest BCUT2D eigenvalue weighted by Gasteiger charge is -2.18. The molecule has 0 bridgehead atoms. The second-order valence-electron chi connectivity index (χ2n) is 6.17. The van der Waals surface area contributed by atoms with Gasteiger partial charge in [0, 0.05) is 19.4 Å². The van der Waals surface area contributed by atoms with Gasteiger partial charge in [-0.25, -0.2) is 0 Å². The standard InChI is InChI=1S/C20H24N2O4/c1-2-11-21-18(23)9-10-19(24)22-17(13-20(25)26)16-8-7-14-5-3-4-6-15(14)12-16/h3-8,12,17H,2,9-11,13H2,1H3,(H,21,23)(H,22,24)(H,25,26)/t17-/m0/s1. The van der Waals surface area contributed by atoms with Gasteiger partial charge in [0.15, 0.2) is 0 Å². The largest absolute Gasteiger partial charge is 0.481 e. The van der Waals surface area contributed by atoms with Crippen LogP contribution in [0.25, 0.3) is 10.8 Å². The Labute approximate surface area is 152 Å². The number of hydrogen-bond donors (Lipinski definition) is 3. The summed E-state index contributed by atoms with van der Waals surface area (Å²) in [5.41, 5.74) is 0.731. The molecule has 2 aromatic rings. The Balaban J connectivity index is 2.05. The van der Waals surface area contributed by atoms with Gasteiger partial charge in [-0.2, -0.15) is 0 Å². The summed E-state index contributed by atoms with van der Waals surface area (Å²) in [7, 11) is 0. The summed E-state index contributed by atoms with van der Waals surface area (Å²) < 4.78 is 0. The Morgan fingerprint density at radius 3 is 2.38 bits per heavy atom. The van der Waals surface area contributed by atoms with E-state index in [-0.39, 0.29) is 31.1 Å². The maximum absolute atomic E-state index is 12.2. The molecule has 0 aliphatic rings. The summed E-state index contributed by atoms with van der Waals surface area (Å²) in [4.78, 5) is 35.0. The summed E-state index contributed by atoms with van der Waals surface area (Å²) in [5.74, 6) is -1.51. The van der Waals surface area contributed by atoms with Crippen LogP contribution in [-0.4, -0.2) is 29.4 Å². The van der Waals surface area contributed by atoms with Crippen LogP contribution >= 0.6 is 0 Å². The molecular weight excluding hydrogens is 332 g/mol. The molecule has 0 radical (unpaired) electrons. The average molecular weight is 356 g/mol. The van der Waals surface area contributed by atoms with E-state index in [4.69, 9.17) is 0 Å². The molecule has 138 valence electrons. The molecular formula is C20H24N2O4. The van der Waals surface area contributed by atoms with Crippen LogP contribution in [0.4, 0.5) is 0 Å². The molecule has 2 amide bonds. The van der Waals surface area contributed by atoms with Gasteiger partial charge in [0.1, 0.15) is 0 Å². The van der Waals surface area contributed by atoms with Crippen molar-refractivity contribution in [2.45, 2.75) is 38.6 Å². The molecule has 1 atom stereocenters. The smallest absolute Gasteiger partial charge is 0.305 e. The number of fused-ring (bicyclic) bond motifs is 1. The van der Waals surface area contributed by atoms with Gasteiger partial charge < -0.3 is 15.7 Å². The number of hydrogen-bond acceptors (Lipinski definition) is 3. The van der Waals surface area contributed by atoms with Gasteiger partial charge in [-0.3, -0.25) is 14.4 Å². The first-order valence-electron chi connectivity index (χ1n) is 8.76. The molecule has 0 aromatic heterocycles. The molecule has 2 aromatic carbocycles. The molecule has 0 saturated carbocycles. The van der Waals surface area contributed by atoms with Crippen molar-refractivity contribution in [1.82, 2.24) is 10.6 Å². The van der Waals surface area contributed by atoms with E-state index in [2.05, 4.69) is 10.6 Å². The van der Waals surface area contributed by atoms with Gasteiger partial charge in [0.05, 0.1) is 12.5 Å². The third-order valence-corrected chi connectivity index (χ3v) is 4.04. The molecule has 0 aliphatic heterocycles. The third-order valence-electron chi connectivity index (χ3n) is 4.04. The van der Waals surface area contributed by atoms with Crippen LogP contribution in [0.3, 0.4) is 0 Å². The number of carbonyl (C=O) groups excluding carboxylic acids is 2. The monoisotopic (exact) mass is 356 g/mol. The summed E-state index contributed by atoms with van der Waals surface area (Å²) in [6.07, 6.45) is 0.731. The van der Waals surface area contributed by atoms with E-state index in [1.54, 1.807) is 0 Å². The summed E-state index contributed by atoms with van der Waals surface area (Å²) in [6, 6.07) is 12.7. The zero-order valence-corrected chi connectivity index (χ0v) is 14.8. The first-order chi connectivity index (χ1) is 12.5. The van der Waals surface area contributed by atoms with E-state index >= 15 is 0 Å². The van der Waals surface area contributed by atoms with Gasteiger partial charge in [-0.15, -0.1) is 0 Å². The summed E-state index contributed by atoms with van der Waals surface area (Å²) >= 11 is 0. The number of carbonyl (C=O) groups is 3. The molecule has 0 spiro atoms. The first-order valence-corrected chi connectivity index (χ1v) is 8.76. The van der Waals surface area contributed by atoms with E-state index in [0.29, 0.717) is 6.54 Å². The van der Waals surface area contributed by atoms with Crippen molar-refractivity contribution in [3.63, 3.8) is 0 Å². The fourth-order valence-electron chi connectivity index (χ4n) is 2.70. The molecule has 0 aliphatic carbocycles. The van der Waals surface area contributed by atoms with Gasteiger partial charge >= 0.3 is 5.97 Å². The molecule has 6 nitrogen and oxygen atoms in total. The Hall–Kier alpha value is -2.89. The SMILES string of the molecule is CCCNC(=O)CCC(=O)N[C@@H](CC(=O)O)c1ccc2ccccc2c1. The molecule has 0 fully saturated rings. The van der Waals surface area contributed by atoms with E-state index in [0.717, 1.165) is 22.8 Å². The Kier molecular flexibility index (Phi) is 7.14. The molecule has 6 heteroatoms. The van der Waals surface area contributed by atoms with Crippen LogP contribution in [-0.2, 0) is 14.4 Å². The minimum absolute atomic E-state index is 0.0270. The number of carboxylic acids is 1. The highest BCUT2D eigenvalue weighted by atomic mass is 16.4. The van der Waals surface area contributed by atoms with Crippen LogP contribution in [0.15, 0.2) is 42.5 Å². The van der Waals surface area contributed by atoms with Crippen LogP contribution in [0.1, 0.15) is 44.2 Å². The lowest BCUT2D eigenvalue weighted by atomic mass is 9.99. The van der Waals surface area contributed by atoms with Crippen LogP contribution in [0, 0.1) is 0 Å². The Morgan fingerprint density at radius 2 is 1.69 bits per heavy atom. The van der Waals surface area contributed by atoms with E-state index < -0.39 is 12.0 Å². The number of rotatable bonds is 9. The highest BCUT2D eigenvalue weighted by molar-refractivity contribution is 5.85. The van der Waals surface area contributed by atoms with Crippen LogP contribution in [0.5, 0.6) is 0 Å². The fourth-order valence-corrected chi connectivity index (χ4v) is 2.70. The zero-order chi connectivity index (χ0) is 18.9. The molecule has 0 heterocycles. The molecule has 3 N–H and O–H groups in total. The second-order valence-corrected chi connectivity index (χ2v) is 6.17. The maximum atomic E-state index is 12.2. The molecule has 26 heavy (non-hydrogen) atoms. The van der Waals surface area contributed by atoms with Gasteiger partial charge in [-0.05, 0) is 28.8 Å². The second kappa shape index (κ2) is 9.56. The van der Waals surface area contributed by atoms with E-state index in [1.165, 1.54) is 0 Å². The predicted molar refractivity (Wildman–Crippen MR) is 99.6 cm³/mol. The number of amides is 2.